The Morgan fingerprint density at radius 1 is 1.31 bits per heavy atom. The Morgan fingerprint density at radius 3 is 2.25 bits per heavy atom. The summed E-state index contributed by atoms with van der Waals surface area (Å²) in [5.41, 5.74) is -0.344. The Balaban J connectivity index is 2.90. The van der Waals surface area contributed by atoms with E-state index in [1.807, 2.05) is 6.92 Å². The molecule has 1 rings (SSSR count). The predicted molar refractivity (Wildman–Crippen MR) is 60.8 cm³/mol. The van der Waals surface area contributed by atoms with Crippen LogP contribution in [0.15, 0.2) is 29.2 Å². The minimum Gasteiger partial charge on any atom is -0.389 e. The van der Waals surface area contributed by atoms with Crippen LogP contribution in [0, 0.1) is 6.92 Å². The lowest BCUT2D eigenvalue weighted by Gasteiger charge is -2.13. The molecular weight excluding hydrogens is 252 g/mol. The second kappa shape index (κ2) is 5.14. The van der Waals surface area contributed by atoms with Gasteiger partial charge in [0.1, 0.15) is 0 Å². The number of aliphatic hydroxyl groups excluding tert-OH is 1. The number of alkyl halides is 1. The highest BCUT2D eigenvalue weighted by molar-refractivity contribution is 7.86. The van der Waals surface area contributed by atoms with Gasteiger partial charge in [0.25, 0.3) is 10.1 Å². The summed E-state index contributed by atoms with van der Waals surface area (Å²) in [6.45, 7) is 3.19. The van der Waals surface area contributed by atoms with E-state index in [0.29, 0.717) is 0 Å². The molecule has 0 aliphatic rings. The summed E-state index contributed by atoms with van der Waals surface area (Å²) in [7, 11) is -3.91. The molecule has 1 N–H and O–H groups in total. The Bertz CT molecular complexity index is 438. The molecule has 0 heterocycles. The molecule has 0 fully saturated rings. The maximum atomic E-state index is 11.6. The van der Waals surface area contributed by atoms with Crippen molar-refractivity contribution >= 4 is 21.7 Å². The SMILES string of the molecule is Cc1ccc(S(=O)(=O)OC(Cl)C(C)O)cc1. The number of aryl methyl sites for hydroxylation is 1. The fourth-order valence-corrected chi connectivity index (χ4v) is 2.23. The second-order valence-electron chi connectivity index (χ2n) is 3.46. The molecule has 0 saturated heterocycles. The van der Waals surface area contributed by atoms with E-state index in [-0.39, 0.29) is 4.90 Å². The first kappa shape index (κ1) is 13.4. The van der Waals surface area contributed by atoms with Crippen LogP contribution in [0.3, 0.4) is 0 Å². The van der Waals surface area contributed by atoms with Crippen molar-refractivity contribution in [2.45, 2.75) is 30.4 Å². The number of halogens is 1. The highest BCUT2D eigenvalue weighted by Crippen LogP contribution is 2.17. The van der Waals surface area contributed by atoms with Crippen LogP contribution in [0.1, 0.15) is 12.5 Å². The van der Waals surface area contributed by atoms with E-state index in [1.54, 1.807) is 12.1 Å². The van der Waals surface area contributed by atoms with E-state index >= 15 is 0 Å². The van der Waals surface area contributed by atoms with Gasteiger partial charge in [0.2, 0.25) is 0 Å². The lowest BCUT2D eigenvalue weighted by Crippen LogP contribution is -2.23. The lowest BCUT2D eigenvalue weighted by molar-refractivity contribution is 0.101. The normalized spacial score (nSPS) is 15.8. The van der Waals surface area contributed by atoms with Gasteiger partial charge in [0.15, 0.2) is 5.56 Å². The van der Waals surface area contributed by atoms with Gasteiger partial charge < -0.3 is 5.11 Å². The predicted octanol–water partition coefficient (Wildman–Crippen LogP) is 1.65. The van der Waals surface area contributed by atoms with E-state index in [1.165, 1.54) is 19.1 Å². The van der Waals surface area contributed by atoms with Crippen LogP contribution in [-0.4, -0.2) is 25.2 Å². The topological polar surface area (TPSA) is 63.6 Å². The second-order valence-corrected chi connectivity index (χ2v) is 5.46. The van der Waals surface area contributed by atoms with Gasteiger partial charge in [-0.1, -0.05) is 29.3 Å². The summed E-state index contributed by atoms with van der Waals surface area (Å²) >= 11 is 5.53. The van der Waals surface area contributed by atoms with Gasteiger partial charge in [-0.2, -0.15) is 8.42 Å². The van der Waals surface area contributed by atoms with Gasteiger partial charge in [-0.05, 0) is 26.0 Å². The van der Waals surface area contributed by atoms with Crippen LogP contribution < -0.4 is 0 Å². The number of hydrogen-bond donors (Lipinski definition) is 1. The van der Waals surface area contributed by atoms with Crippen LogP contribution in [0.2, 0.25) is 0 Å². The monoisotopic (exact) mass is 264 g/mol. The molecule has 16 heavy (non-hydrogen) atoms. The summed E-state index contributed by atoms with van der Waals surface area (Å²) in [5.74, 6) is 0. The number of benzene rings is 1. The largest absolute Gasteiger partial charge is 0.389 e. The quantitative estimate of drug-likeness (QED) is 0.663. The van der Waals surface area contributed by atoms with Crippen molar-refractivity contribution in [3.05, 3.63) is 29.8 Å². The third-order valence-electron chi connectivity index (χ3n) is 1.91. The van der Waals surface area contributed by atoms with E-state index in [4.69, 9.17) is 16.7 Å². The van der Waals surface area contributed by atoms with Crippen LogP contribution in [0.25, 0.3) is 0 Å². The fourth-order valence-electron chi connectivity index (χ4n) is 0.962. The van der Waals surface area contributed by atoms with Gasteiger partial charge in [0.05, 0.1) is 11.0 Å². The van der Waals surface area contributed by atoms with Gasteiger partial charge >= 0.3 is 0 Å². The maximum absolute atomic E-state index is 11.6. The highest BCUT2D eigenvalue weighted by atomic mass is 35.5. The molecule has 0 aliphatic heterocycles. The Hall–Kier alpha value is -0.620. The molecule has 0 amide bonds. The molecule has 1 aromatic rings. The van der Waals surface area contributed by atoms with Gasteiger partial charge in [-0.3, -0.25) is 0 Å². The molecule has 0 aromatic heterocycles. The third-order valence-corrected chi connectivity index (χ3v) is 3.78. The molecule has 0 saturated carbocycles. The molecule has 0 aliphatic carbocycles. The molecule has 0 spiro atoms. The van der Waals surface area contributed by atoms with E-state index in [2.05, 4.69) is 4.18 Å². The third kappa shape index (κ3) is 3.45. The molecule has 0 radical (unpaired) electrons. The first-order valence-electron chi connectivity index (χ1n) is 4.65. The molecular formula is C10H13ClO4S. The van der Waals surface area contributed by atoms with Gasteiger partial charge in [-0.25, -0.2) is 4.18 Å². The van der Waals surface area contributed by atoms with Crippen molar-refractivity contribution in [3.8, 4) is 0 Å². The van der Waals surface area contributed by atoms with Crippen molar-refractivity contribution in [3.63, 3.8) is 0 Å². The molecule has 1 aromatic carbocycles. The van der Waals surface area contributed by atoms with Crippen molar-refractivity contribution in [2.75, 3.05) is 0 Å². The fraction of sp³-hybridized carbons (Fsp3) is 0.400. The molecule has 2 unspecified atom stereocenters. The van der Waals surface area contributed by atoms with Gasteiger partial charge in [-0.15, -0.1) is 0 Å². The van der Waals surface area contributed by atoms with Crippen LogP contribution in [0.4, 0.5) is 0 Å². The summed E-state index contributed by atoms with van der Waals surface area (Å²) in [5, 5.41) is 9.05. The zero-order valence-corrected chi connectivity index (χ0v) is 10.5. The molecule has 2 atom stereocenters. The van der Waals surface area contributed by atoms with E-state index in [0.717, 1.165) is 5.56 Å². The smallest absolute Gasteiger partial charge is 0.298 e. The minimum absolute atomic E-state index is 0.0180. The van der Waals surface area contributed by atoms with E-state index < -0.39 is 21.8 Å². The zero-order chi connectivity index (χ0) is 12.3. The Morgan fingerprint density at radius 2 is 1.81 bits per heavy atom. The lowest BCUT2D eigenvalue weighted by atomic mass is 10.2. The highest BCUT2D eigenvalue weighted by Gasteiger charge is 2.23. The van der Waals surface area contributed by atoms with Crippen molar-refractivity contribution in [2.24, 2.45) is 0 Å². The first-order chi connectivity index (χ1) is 7.33. The van der Waals surface area contributed by atoms with E-state index in [9.17, 15) is 8.42 Å². The van der Waals surface area contributed by atoms with Crippen LogP contribution in [0.5, 0.6) is 0 Å². The standard InChI is InChI=1S/C10H13ClO4S/c1-7-3-5-9(6-4-7)16(13,14)15-10(11)8(2)12/h3-6,8,10,12H,1-2H3. The molecule has 90 valence electrons. The Labute approximate surface area is 99.9 Å². The minimum atomic E-state index is -3.91. The molecule has 0 bridgehead atoms. The van der Waals surface area contributed by atoms with Crippen LogP contribution in [-0.2, 0) is 14.3 Å². The zero-order valence-electron chi connectivity index (χ0n) is 8.92. The number of rotatable bonds is 4. The average molecular weight is 265 g/mol. The van der Waals surface area contributed by atoms with Gasteiger partial charge in [0, 0.05) is 0 Å². The van der Waals surface area contributed by atoms with Crippen molar-refractivity contribution in [1.82, 2.24) is 0 Å². The summed E-state index contributed by atoms with van der Waals surface area (Å²) in [4.78, 5) is 0.0180. The summed E-state index contributed by atoms with van der Waals surface area (Å²) in [6, 6.07) is 6.16. The maximum Gasteiger partial charge on any atom is 0.298 e. The summed E-state index contributed by atoms with van der Waals surface area (Å²) in [6.07, 6.45) is -1.07. The molecule has 6 heteroatoms. The average Bonchev–Trinajstić information content (AvgIpc) is 2.17. The first-order valence-corrected chi connectivity index (χ1v) is 6.49. The summed E-state index contributed by atoms with van der Waals surface area (Å²) < 4.78 is 27.9. The van der Waals surface area contributed by atoms with Crippen molar-refractivity contribution in [1.29, 1.82) is 0 Å². The van der Waals surface area contributed by atoms with Crippen molar-refractivity contribution < 1.29 is 17.7 Å². The van der Waals surface area contributed by atoms with Crippen LogP contribution >= 0.6 is 11.6 Å². The number of hydrogen-bond acceptors (Lipinski definition) is 4. The molecule has 4 nitrogen and oxygen atoms in total. The number of aliphatic hydroxyl groups is 1. The Kier molecular flexibility index (Phi) is 4.32.